The summed E-state index contributed by atoms with van der Waals surface area (Å²) in [5, 5.41) is 3.74. The number of thiazole rings is 1. The van der Waals surface area contributed by atoms with Crippen LogP contribution in [0.3, 0.4) is 0 Å². The van der Waals surface area contributed by atoms with Crippen molar-refractivity contribution in [3.8, 4) is 0 Å². The average molecular weight is 515 g/mol. The molecule has 1 N–H and O–H groups in total. The molecule has 0 atom stereocenters. The maximum Gasteiger partial charge on any atom is 0.323 e. The molecule has 0 radical (unpaired) electrons. The summed E-state index contributed by atoms with van der Waals surface area (Å²) in [6, 6.07) is 27.2. The van der Waals surface area contributed by atoms with Gasteiger partial charge in [-0.05, 0) is 42.2 Å². The number of aryl methyl sites for hydroxylation is 1. The highest BCUT2D eigenvalue weighted by atomic mass is 32.1. The zero-order valence-corrected chi connectivity index (χ0v) is 22.1. The number of rotatable bonds is 9. The monoisotopic (exact) mass is 514 g/mol. The fourth-order valence-electron chi connectivity index (χ4n) is 4.84. The third-order valence-electron chi connectivity index (χ3n) is 6.93. The first-order valence-electron chi connectivity index (χ1n) is 13.0. The number of aromatic nitrogens is 1. The Hall–Kier alpha value is -3.26. The third kappa shape index (κ3) is 6.74. The van der Waals surface area contributed by atoms with Gasteiger partial charge in [0.2, 0.25) is 0 Å². The molecule has 1 aliphatic heterocycles. The molecule has 0 spiro atoms. The molecule has 1 saturated heterocycles. The smallest absolute Gasteiger partial charge is 0.323 e. The quantitative estimate of drug-likeness (QED) is 0.298. The summed E-state index contributed by atoms with van der Waals surface area (Å²) in [5.74, 6) is 0.214. The maximum absolute atomic E-state index is 13.6. The van der Waals surface area contributed by atoms with Gasteiger partial charge in [0.25, 0.3) is 0 Å². The lowest BCUT2D eigenvalue weighted by molar-refractivity contribution is 0.0351. The van der Waals surface area contributed by atoms with Crippen LogP contribution in [0.4, 0.5) is 9.93 Å². The van der Waals surface area contributed by atoms with E-state index in [0.717, 1.165) is 49.5 Å². The largest absolute Gasteiger partial charge is 0.379 e. The molecule has 0 unspecified atom stereocenters. The molecule has 0 bridgehead atoms. The number of ether oxygens (including phenoxy) is 1. The second-order valence-electron chi connectivity index (χ2n) is 9.52. The number of benzene rings is 3. The molecule has 1 aliphatic rings. The average Bonchev–Trinajstić information content (AvgIpc) is 3.33. The second kappa shape index (κ2) is 12.3. The van der Waals surface area contributed by atoms with Crippen LogP contribution in [0, 0.1) is 6.92 Å². The van der Waals surface area contributed by atoms with E-state index >= 15 is 0 Å². The van der Waals surface area contributed by atoms with Crippen molar-refractivity contribution in [2.75, 3.05) is 51.3 Å². The maximum atomic E-state index is 13.6. The minimum Gasteiger partial charge on any atom is -0.379 e. The summed E-state index contributed by atoms with van der Waals surface area (Å²) in [6.07, 6.45) is 0.837. The Bertz CT molecular complexity index is 1250. The summed E-state index contributed by atoms with van der Waals surface area (Å²) in [4.78, 5) is 22.5. The van der Waals surface area contributed by atoms with Crippen LogP contribution in [0.5, 0.6) is 0 Å². The molecule has 2 heterocycles. The molecule has 1 aromatic heterocycles. The van der Waals surface area contributed by atoms with E-state index in [1.807, 2.05) is 23.1 Å². The molecule has 0 aliphatic carbocycles. The van der Waals surface area contributed by atoms with E-state index in [0.29, 0.717) is 18.2 Å². The molecule has 4 aromatic rings. The molecular formula is C30H34N4O2S. The van der Waals surface area contributed by atoms with Gasteiger partial charge in [-0.2, -0.15) is 0 Å². The molecule has 37 heavy (non-hydrogen) atoms. The van der Waals surface area contributed by atoms with Gasteiger partial charge in [0.1, 0.15) is 0 Å². The fourth-order valence-corrected chi connectivity index (χ4v) is 5.79. The van der Waals surface area contributed by atoms with Crippen LogP contribution in [0.25, 0.3) is 10.2 Å². The number of amides is 2. The lowest BCUT2D eigenvalue weighted by Crippen LogP contribution is -2.44. The number of anilines is 1. The normalized spacial score (nSPS) is 14.2. The highest BCUT2D eigenvalue weighted by molar-refractivity contribution is 7.22. The first-order chi connectivity index (χ1) is 18.2. The van der Waals surface area contributed by atoms with Crippen molar-refractivity contribution < 1.29 is 9.53 Å². The number of fused-ring (bicyclic) bond motifs is 1. The van der Waals surface area contributed by atoms with Crippen LogP contribution < -0.4 is 5.32 Å². The summed E-state index contributed by atoms with van der Waals surface area (Å²) >= 11 is 1.52. The van der Waals surface area contributed by atoms with Crippen LogP contribution in [0.15, 0.2) is 78.9 Å². The van der Waals surface area contributed by atoms with E-state index in [1.165, 1.54) is 28.0 Å². The minimum absolute atomic E-state index is 0.0936. The SMILES string of the molecule is Cc1ccc2nc(NC(=O)N(CCC(c3ccccc3)c3ccccc3)CCN3CCOCC3)sc2c1. The topological polar surface area (TPSA) is 57.7 Å². The molecule has 3 aromatic carbocycles. The number of carbonyl (C=O) groups excluding carboxylic acids is 1. The van der Waals surface area contributed by atoms with Crippen molar-refractivity contribution in [1.82, 2.24) is 14.8 Å². The van der Waals surface area contributed by atoms with Gasteiger partial charge in [-0.25, -0.2) is 9.78 Å². The first kappa shape index (κ1) is 25.4. The van der Waals surface area contributed by atoms with E-state index in [2.05, 4.69) is 82.8 Å². The van der Waals surface area contributed by atoms with E-state index in [9.17, 15) is 4.79 Å². The minimum atomic E-state index is -0.0936. The second-order valence-corrected chi connectivity index (χ2v) is 10.6. The van der Waals surface area contributed by atoms with Crippen molar-refractivity contribution in [2.24, 2.45) is 0 Å². The van der Waals surface area contributed by atoms with Crippen LogP contribution in [0.2, 0.25) is 0 Å². The van der Waals surface area contributed by atoms with Gasteiger partial charge in [-0.1, -0.05) is 78.1 Å². The molecular weight excluding hydrogens is 480 g/mol. The van der Waals surface area contributed by atoms with Crippen LogP contribution >= 0.6 is 11.3 Å². The van der Waals surface area contributed by atoms with Crippen molar-refractivity contribution in [3.63, 3.8) is 0 Å². The molecule has 2 amide bonds. The summed E-state index contributed by atoms with van der Waals surface area (Å²) in [6.45, 7) is 7.52. The van der Waals surface area contributed by atoms with Crippen molar-refractivity contribution in [2.45, 2.75) is 19.3 Å². The molecule has 6 nitrogen and oxygen atoms in total. The Balaban J connectivity index is 1.33. The Labute approximate surface area is 222 Å². The van der Waals surface area contributed by atoms with Gasteiger partial charge in [0.15, 0.2) is 5.13 Å². The van der Waals surface area contributed by atoms with Gasteiger partial charge in [-0.3, -0.25) is 10.2 Å². The van der Waals surface area contributed by atoms with E-state index in [1.54, 1.807) is 0 Å². The zero-order valence-electron chi connectivity index (χ0n) is 21.3. The predicted octanol–water partition coefficient (Wildman–Crippen LogP) is 5.99. The zero-order chi connectivity index (χ0) is 25.5. The van der Waals surface area contributed by atoms with Crippen LogP contribution in [-0.4, -0.2) is 66.8 Å². The fraction of sp³-hybridized carbons (Fsp3) is 0.333. The summed E-state index contributed by atoms with van der Waals surface area (Å²) in [7, 11) is 0. The summed E-state index contributed by atoms with van der Waals surface area (Å²) in [5.41, 5.74) is 4.64. The van der Waals surface area contributed by atoms with Crippen molar-refractivity contribution >= 4 is 32.7 Å². The first-order valence-corrected chi connectivity index (χ1v) is 13.8. The molecule has 5 rings (SSSR count). The lowest BCUT2D eigenvalue weighted by atomic mass is 9.88. The standard InChI is InChI=1S/C30H34N4O2S/c1-23-12-13-27-28(22-23)37-29(31-27)32-30(35)34(17-16-33-18-20-36-21-19-33)15-14-26(24-8-4-2-5-9-24)25-10-6-3-7-11-25/h2-13,22,26H,14-21H2,1H3,(H,31,32,35). The number of urea groups is 1. The number of carbonyl (C=O) groups is 1. The Morgan fingerprint density at radius 1 is 1.00 bits per heavy atom. The highest BCUT2D eigenvalue weighted by Crippen LogP contribution is 2.29. The van der Waals surface area contributed by atoms with Crippen LogP contribution in [-0.2, 0) is 4.74 Å². The number of morpholine rings is 1. The number of hydrogen-bond acceptors (Lipinski definition) is 5. The molecule has 192 valence electrons. The number of hydrogen-bond donors (Lipinski definition) is 1. The predicted molar refractivity (Wildman–Crippen MR) is 152 cm³/mol. The van der Waals surface area contributed by atoms with Crippen molar-refractivity contribution in [1.29, 1.82) is 0 Å². The highest BCUT2D eigenvalue weighted by Gasteiger charge is 2.21. The lowest BCUT2D eigenvalue weighted by Gasteiger charge is -2.31. The summed E-state index contributed by atoms with van der Waals surface area (Å²) < 4.78 is 6.59. The Morgan fingerprint density at radius 2 is 1.68 bits per heavy atom. The van der Waals surface area contributed by atoms with Gasteiger partial charge >= 0.3 is 6.03 Å². The van der Waals surface area contributed by atoms with E-state index < -0.39 is 0 Å². The van der Waals surface area contributed by atoms with Crippen LogP contribution in [0.1, 0.15) is 29.0 Å². The molecule has 0 saturated carbocycles. The van der Waals surface area contributed by atoms with E-state index in [4.69, 9.17) is 4.74 Å². The van der Waals surface area contributed by atoms with Gasteiger partial charge < -0.3 is 9.64 Å². The molecule has 7 heteroatoms. The van der Waals surface area contributed by atoms with Gasteiger partial charge in [0.05, 0.1) is 23.4 Å². The van der Waals surface area contributed by atoms with Crippen molar-refractivity contribution in [3.05, 3.63) is 95.6 Å². The van der Waals surface area contributed by atoms with E-state index in [-0.39, 0.29) is 11.9 Å². The van der Waals surface area contributed by atoms with Gasteiger partial charge in [0, 0.05) is 38.6 Å². The van der Waals surface area contributed by atoms with Gasteiger partial charge in [-0.15, -0.1) is 0 Å². The Kier molecular flexibility index (Phi) is 8.46. The molecule has 1 fully saturated rings. The Morgan fingerprint density at radius 3 is 2.35 bits per heavy atom. The number of nitrogens with one attached hydrogen (secondary N) is 1. The number of nitrogens with zero attached hydrogens (tertiary/aromatic N) is 3. The third-order valence-corrected chi connectivity index (χ3v) is 7.86.